The molecule has 0 unspecified atom stereocenters. The van der Waals surface area contributed by atoms with Crippen LogP contribution >= 0.6 is 0 Å². The molecule has 0 saturated carbocycles. The summed E-state index contributed by atoms with van der Waals surface area (Å²) in [6.07, 6.45) is -0.928. The van der Waals surface area contributed by atoms with E-state index in [1.807, 2.05) is 18.2 Å². The van der Waals surface area contributed by atoms with Gasteiger partial charge in [0.25, 0.3) is 0 Å². The van der Waals surface area contributed by atoms with Gasteiger partial charge < -0.3 is 25.2 Å². The highest BCUT2D eigenvalue weighted by Gasteiger charge is 2.31. The number of carboxylic acid groups (broad SMARTS) is 1. The fraction of sp³-hybridized carbons (Fsp3) is 0.524. The zero-order valence-corrected chi connectivity index (χ0v) is 17.7. The molecule has 0 heterocycles. The van der Waals surface area contributed by atoms with E-state index >= 15 is 0 Å². The number of alkyl carbamates (subject to hydrolysis) is 1. The van der Waals surface area contributed by atoms with Crippen molar-refractivity contribution in [3.05, 3.63) is 35.9 Å². The molecule has 0 fully saturated rings. The standard InChI is InChI=1S/C21H30N2O7/c1-5-29-20(27)14(4)11-16(19(25)26)22-18(24)17(13(2)3)23-21(28)30-12-15-9-7-6-8-10-15/h6-10,13-14,16-17H,5,11-12H2,1-4H3,(H,22,24)(H,23,28)(H,25,26)/t14-,16+,17+/m1/s1. The summed E-state index contributed by atoms with van der Waals surface area (Å²) in [7, 11) is 0. The quantitative estimate of drug-likeness (QED) is 0.465. The van der Waals surface area contributed by atoms with Crippen molar-refractivity contribution in [1.82, 2.24) is 10.6 Å². The van der Waals surface area contributed by atoms with Crippen molar-refractivity contribution >= 4 is 23.9 Å². The van der Waals surface area contributed by atoms with Crippen LogP contribution in [0.25, 0.3) is 0 Å². The second-order valence-electron chi connectivity index (χ2n) is 7.22. The van der Waals surface area contributed by atoms with E-state index in [0.717, 1.165) is 5.56 Å². The van der Waals surface area contributed by atoms with Gasteiger partial charge in [0.1, 0.15) is 18.7 Å². The lowest BCUT2D eigenvalue weighted by molar-refractivity contribution is -0.149. The Morgan fingerprint density at radius 3 is 2.17 bits per heavy atom. The minimum Gasteiger partial charge on any atom is -0.480 e. The Balaban J connectivity index is 2.70. The van der Waals surface area contributed by atoms with Crippen molar-refractivity contribution in [1.29, 1.82) is 0 Å². The highest BCUT2D eigenvalue weighted by molar-refractivity contribution is 5.89. The van der Waals surface area contributed by atoms with Crippen LogP contribution in [0.15, 0.2) is 30.3 Å². The van der Waals surface area contributed by atoms with Crippen molar-refractivity contribution < 1.29 is 33.8 Å². The lowest BCUT2D eigenvalue weighted by Gasteiger charge is -2.24. The summed E-state index contributed by atoms with van der Waals surface area (Å²) in [6.45, 7) is 6.80. The number of carbonyl (C=O) groups excluding carboxylic acids is 3. The molecule has 0 radical (unpaired) electrons. The molecule has 3 N–H and O–H groups in total. The highest BCUT2D eigenvalue weighted by atomic mass is 16.5. The number of hydrogen-bond acceptors (Lipinski definition) is 6. The molecule has 1 rings (SSSR count). The minimum absolute atomic E-state index is 0.0356. The highest BCUT2D eigenvalue weighted by Crippen LogP contribution is 2.11. The molecular formula is C21H30N2O7. The van der Waals surface area contributed by atoms with Gasteiger partial charge in [-0.3, -0.25) is 9.59 Å². The first-order valence-corrected chi connectivity index (χ1v) is 9.82. The maximum absolute atomic E-state index is 12.6. The van der Waals surface area contributed by atoms with Crippen LogP contribution in [0.1, 0.15) is 39.7 Å². The summed E-state index contributed by atoms with van der Waals surface area (Å²) >= 11 is 0. The van der Waals surface area contributed by atoms with Gasteiger partial charge in [0.2, 0.25) is 5.91 Å². The van der Waals surface area contributed by atoms with Gasteiger partial charge in [-0.05, 0) is 24.8 Å². The predicted molar refractivity (Wildman–Crippen MR) is 108 cm³/mol. The number of amides is 2. The summed E-state index contributed by atoms with van der Waals surface area (Å²) in [5.41, 5.74) is 0.789. The van der Waals surface area contributed by atoms with Crippen molar-refractivity contribution in [2.75, 3.05) is 6.61 Å². The molecule has 1 aromatic carbocycles. The second kappa shape index (κ2) is 12.5. The van der Waals surface area contributed by atoms with E-state index in [2.05, 4.69) is 10.6 Å². The molecule has 9 heteroatoms. The Morgan fingerprint density at radius 2 is 1.63 bits per heavy atom. The molecule has 0 aliphatic rings. The molecule has 0 aliphatic carbocycles. The molecule has 0 bridgehead atoms. The van der Waals surface area contributed by atoms with Gasteiger partial charge in [0, 0.05) is 0 Å². The first-order valence-electron chi connectivity index (χ1n) is 9.82. The lowest BCUT2D eigenvalue weighted by Crippen LogP contribution is -2.54. The number of esters is 1. The number of hydrogen-bond donors (Lipinski definition) is 3. The van der Waals surface area contributed by atoms with Gasteiger partial charge in [-0.25, -0.2) is 9.59 Å². The average molecular weight is 422 g/mol. The van der Waals surface area contributed by atoms with E-state index in [9.17, 15) is 24.3 Å². The normalized spacial score (nSPS) is 13.6. The van der Waals surface area contributed by atoms with Crippen LogP contribution < -0.4 is 10.6 Å². The number of carbonyl (C=O) groups is 4. The first-order chi connectivity index (χ1) is 14.1. The maximum Gasteiger partial charge on any atom is 0.408 e. The van der Waals surface area contributed by atoms with Gasteiger partial charge in [-0.1, -0.05) is 51.1 Å². The fourth-order valence-electron chi connectivity index (χ4n) is 2.64. The van der Waals surface area contributed by atoms with Gasteiger partial charge in [-0.2, -0.15) is 0 Å². The van der Waals surface area contributed by atoms with E-state index in [1.165, 1.54) is 6.92 Å². The summed E-state index contributed by atoms with van der Waals surface area (Å²) < 4.78 is 10.00. The van der Waals surface area contributed by atoms with Crippen molar-refractivity contribution in [3.63, 3.8) is 0 Å². The Labute approximate surface area is 176 Å². The molecule has 9 nitrogen and oxygen atoms in total. The number of carboxylic acids is 1. The summed E-state index contributed by atoms with van der Waals surface area (Å²) in [5, 5.41) is 14.3. The van der Waals surface area contributed by atoms with E-state index in [1.54, 1.807) is 32.9 Å². The molecule has 0 spiro atoms. The molecular weight excluding hydrogens is 392 g/mol. The molecule has 3 atom stereocenters. The molecule has 2 amide bonds. The SMILES string of the molecule is CCOC(=O)[C@H](C)C[C@H](NC(=O)[C@@H](NC(=O)OCc1ccccc1)C(C)C)C(=O)O. The van der Waals surface area contributed by atoms with Crippen LogP contribution in [0, 0.1) is 11.8 Å². The minimum atomic E-state index is -1.31. The van der Waals surface area contributed by atoms with Gasteiger partial charge >= 0.3 is 18.0 Å². The Hall–Kier alpha value is -3.10. The Kier molecular flexibility index (Phi) is 10.4. The summed E-state index contributed by atoms with van der Waals surface area (Å²) in [6, 6.07) is 6.73. The number of aliphatic carboxylic acids is 1. The third-order valence-electron chi connectivity index (χ3n) is 4.33. The van der Waals surface area contributed by atoms with E-state index in [4.69, 9.17) is 9.47 Å². The largest absolute Gasteiger partial charge is 0.480 e. The average Bonchev–Trinajstić information content (AvgIpc) is 2.70. The fourth-order valence-corrected chi connectivity index (χ4v) is 2.64. The monoisotopic (exact) mass is 422 g/mol. The Bertz CT molecular complexity index is 721. The van der Waals surface area contributed by atoms with Crippen LogP contribution in [-0.4, -0.2) is 47.7 Å². The zero-order valence-electron chi connectivity index (χ0n) is 17.7. The van der Waals surface area contributed by atoms with Crippen LogP contribution in [0.5, 0.6) is 0 Å². The van der Waals surface area contributed by atoms with E-state index in [0.29, 0.717) is 0 Å². The summed E-state index contributed by atoms with van der Waals surface area (Å²) in [5.74, 6) is -3.54. The topological polar surface area (TPSA) is 131 Å². The predicted octanol–water partition coefficient (Wildman–Crippen LogP) is 2.10. The van der Waals surface area contributed by atoms with Crippen LogP contribution in [0.3, 0.4) is 0 Å². The molecule has 0 aromatic heterocycles. The molecule has 0 saturated heterocycles. The van der Waals surface area contributed by atoms with Crippen LogP contribution in [0.4, 0.5) is 4.79 Å². The number of nitrogens with one attached hydrogen (secondary N) is 2. The summed E-state index contributed by atoms with van der Waals surface area (Å²) in [4.78, 5) is 48.0. The third-order valence-corrected chi connectivity index (χ3v) is 4.33. The molecule has 30 heavy (non-hydrogen) atoms. The first kappa shape index (κ1) is 24.9. The van der Waals surface area contributed by atoms with Crippen molar-refractivity contribution in [2.45, 2.75) is 52.8 Å². The smallest absolute Gasteiger partial charge is 0.408 e. The molecule has 1 aromatic rings. The lowest BCUT2D eigenvalue weighted by atomic mass is 9.99. The number of benzene rings is 1. The third kappa shape index (κ3) is 8.50. The maximum atomic E-state index is 12.6. The van der Waals surface area contributed by atoms with E-state index < -0.39 is 41.9 Å². The van der Waals surface area contributed by atoms with Gasteiger partial charge in [0.15, 0.2) is 0 Å². The number of rotatable bonds is 11. The zero-order chi connectivity index (χ0) is 22.7. The molecule has 166 valence electrons. The second-order valence-corrected chi connectivity index (χ2v) is 7.22. The van der Waals surface area contributed by atoms with Crippen molar-refractivity contribution in [2.24, 2.45) is 11.8 Å². The van der Waals surface area contributed by atoms with E-state index in [-0.39, 0.29) is 25.6 Å². The molecule has 0 aliphatic heterocycles. The van der Waals surface area contributed by atoms with Gasteiger partial charge in [-0.15, -0.1) is 0 Å². The van der Waals surface area contributed by atoms with Crippen LogP contribution in [-0.2, 0) is 30.5 Å². The van der Waals surface area contributed by atoms with Crippen LogP contribution in [0.2, 0.25) is 0 Å². The Morgan fingerprint density at radius 1 is 1.00 bits per heavy atom. The van der Waals surface area contributed by atoms with Crippen molar-refractivity contribution in [3.8, 4) is 0 Å². The van der Waals surface area contributed by atoms with Gasteiger partial charge in [0.05, 0.1) is 12.5 Å². The number of ether oxygens (including phenoxy) is 2.